The first-order valence-electron chi connectivity index (χ1n) is 4.32. The smallest absolute Gasteiger partial charge is 0.406 e. The lowest BCUT2D eigenvalue weighted by molar-refractivity contribution is -0.109. The molecule has 0 saturated heterocycles. The van der Waals surface area contributed by atoms with Gasteiger partial charge in [0.05, 0.1) is 13.2 Å². The molecule has 0 spiro atoms. The molecule has 1 amide bonds. The molecule has 0 fully saturated rings. The Morgan fingerprint density at radius 3 is 2.47 bits per heavy atom. The van der Waals surface area contributed by atoms with Crippen LogP contribution in [0.1, 0.15) is 6.42 Å². The number of ether oxygens (including phenoxy) is 2. The van der Waals surface area contributed by atoms with Gasteiger partial charge in [0.15, 0.2) is 12.0 Å². The van der Waals surface area contributed by atoms with Crippen LogP contribution in [0.25, 0.3) is 0 Å². The number of amides is 1. The SMILES string of the molecule is CNC(=O)OCCCOC(C=O)=CC=O. The third-order valence-electron chi connectivity index (χ3n) is 1.34. The van der Waals surface area contributed by atoms with Crippen molar-refractivity contribution in [1.82, 2.24) is 5.32 Å². The molecule has 0 unspecified atom stereocenters. The van der Waals surface area contributed by atoms with Gasteiger partial charge in [-0.15, -0.1) is 0 Å². The zero-order valence-corrected chi connectivity index (χ0v) is 8.39. The van der Waals surface area contributed by atoms with Crippen molar-refractivity contribution in [1.29, 1.82) is 0 Å². The zero-order chi connectivity index (χ0) is 11.5. The Kier molecular flexibility index (Phi) is 7.66. The van der Waals surface area contributed by atoms with E-state index in [2.05, 4.69) is 10.1 Å². The first kappa shape index (κ1) is 13.2. The van der Waals surface area contributed by atoms with Crippen LogP contribution in [-0.4, -0.2) is 38.9 Å². The van der Waals surface area contributed by atoms with E-state index in [0.717, 1.165) is 6.08 Å². The summed E-state index contributed by atoms with van der Waals surface area (Å²) < 4.78 is 9.56. The van der Waals surface area contributed by atoms with E-state index in [9.17, 15) is 14.4 Å². The van der Waals surface area contributed by atoms with Gasteiger partial charge in [-0.2, -0.15) is 0 Å². The normalized spacial score (nSPS) is 10.3. The minimum atomic E-state index is -0.519. The molecule has 0 aliphatic rings. The maximum Gasteiger partial charge on any atom is 0.406 e. The molecule has 6 heteroatoms. The predicted octanol–water partition coefficient (Wildman–Crippen LogP) is 0.0308. The standard InChI is InChI=1S/C9H13NO5/c1-10-9(13)15-6-2-5-14-8(7-12)3-4-11/h3-4,7H,2,5-6H2,1H3,(H,10,13). The molecule has 0 aromatic carbocycles. The van der Waals surface area contributed by atoms with Crippen LogP contribution in [0.5, 0.6) is 0 Å². The van der Waals surface area contributed by atoms with Crippen molar-refractivity contribution >= 4 is 18.7 Å². The lowest BCUT2D eigenvalue weighted by Gasteiger charge is -2.05. The lowest BCUT2D eigenvalue weighted by Crippen LogP contribution is -2.20. The second-order valence-corrected chi connectivity index (χ2v) is 2.41. The summed E-state index contributed by atoms with van der Waals surface area (Å²) in [7, 11) is 1.45. The van der Waals surface area contributed by atoms with Gasteiger partial charge in [-0.1, -0.05) is 0 Å². The summed E-state index contributed by atoms with van der Waals surface area (Å²) >= 11 is 0. The largest absolute Gasteiger partial charge is 0.490 e. The fraction of sp³-hybridized carbons (Fsp3) is 0.444. The minimum absolute atomic E-state index is 0.0371. The fourth-order valence-electron chi connectivity index (χ4n) is 0.674. The number of alkyl carbamates (subject to hydrolysis) is 1. The average molecular weight is 215 g/mol. The maximum atomic E-state index is 10.6. The van der Waals surface area contributed by atoms with E-state index < -0.39 is 6.09 Å². The van der Waals surface area contributed by atoms with Crippen LogP contribution in [0.3, 0.4) is 0 Å². The van der Waals surface area contributed by atoms with E-state index >= 15 is 0 Å². The third kappa shape index (κ3) is 7.24. The summed E-state index contributed by atoms with van der Waals surface area (Å²) in [5.41, 5.74) is 0. The summed E-state index contributed by atoms with van der Waals surface area (Å²) in [6.07, 6.45) is 1.84. The van der Waals surface area contributed by atoms with Crippen LogP contribution in [0.4, 0.5) is 4.79 Å². The molecule has 0 saturated carbocycles. The Balaban J connectivity index is 3.53. The molecule has 15 heavy (non-hydrogen) atoms. The Morgan fingerprint density at radius 1 is 1.27 bits per heavy atom. The molecule has 0 radical (unpaired) electrons. The highest BCUT2D eigenvalue weighted by Crippen LogP contribution is 1.94. The average Bonchev–Trinajstić information content (AvgIpc) is 2.26. The van der Waals surface area contributed by atoms with Crippen LogP contribution in [0.2, 0.25) is 0 Å². The van der Waals surface area contributed by atoms with Crippen molar-refractivity contribution in [2.75, 3.05) is 20.3 Å². The summed E-state index contributed by atoms with van der Waals surface area (Å²) in [5, 5.41) is 2.28. The predicted molar refractivity (Wildman–Crippen MR) is 51.2 cm³/mol. The van der Waals surface area contributed by atoms with Crippen LogP contribution in [0, 0.1) is 0 Å². The van der Waals surface area contributed by atoms with Crippen LogP contribution < -0.4 is 5.32 Å². The summed E-state index contributed by atoms with van der Waals surface area (Å²) in [4.78, 5) is 30.8. The minimum Gasteiger partial charge on any atom is -0.490 e. The quantitative estimate of drug-likeness (QED) is 0.280. The molecule has 0 aliphatic carbocycles. The van der Waals surface area contributed by atoms with Gasteiger partial charge in [-0.3, -0.25) is 9.59 Å². The molecule has 0 bridgehead atoms. The second kappa shape index (κ2) is 8.74. The number of carbonyl (C=O) groups excluding carboxylic acids is 3. The van der Waals surface area contributed by atoms with Crippen LogP contribution in [-0.2, 0) is 19.1 Å². The molecule has 84 valence electrons. The van der Waals surface area contributed by atoms with Crippen LogP contribution >= 0.6 is 0 Å². The maximum absolute atomic E-state index is 10.6. The summed E-state index contributed by atoms with van der Waals surface area (Å²) in [6, 6.07) is 0. The molecular formula is C9H13NO5. The molecular weight excluding hydrogens is 202 g/mol. The Hall–Kier alpha value is -1.85. The first-order chi connectivity index (χ1) is 7.24. The highest BCUT2D eigenvalue weighted by molar-refractivity contribution is 5.79. The van der Waals surface area contributed by atoms with E-state index in [1.165, 1.54) is 7.05 Å². The zero-order valence-electron chi connectivity index (χ0n) is 8.39. The van der Waals surface area contributed by atoms with E-state index in [1.54, 1.807) is 0 Å². The van der Waals surface area contributed by atoms with Gasteiger partial charge in [-0.25, -0.2) is 4.79 Å². The molecule has 0 aliphatic heterocycles. The van der Waals surface area contributed by atoms with E-state index in [4.69, 9.17) is 4.74 Å². The Bertz CT molecular complexity index is 249. The van der Waals surface area contributed by atoms with E-state index in [1.807, 2.05) is 0 Å². The number of carbonyl (C=O) groups is 3. The van der Waals surface area contributed by atoms with Gasteiger partial charge >= 0.3 is 6.09 Å². The molecule has 6 nitrogen and oxygen atoms in total. The topological polar surface area (TPSA) is 81.7 Å². The highest BCUT2D eigenvalue weighted by Gasteiger charge is 1.98. The number of rotatable bonds is 7. The van der Waals surface area contributed by atoms with Crippen molar-refractivity contribution < 1.29 is 23.9 Å². The number of hydrogen-bond donors (Lipinski definition) is 1. The lowest BCUT2D eigenvalue weighted by atomic mass is 10.4. The first-order valence-corrected chi connectivity index (χ1v) is 4.32. The number of hydrogen-bond acceptors (Lipinski definition) is 5. The van der Waals surface area contributed by atoms with Gasteiger partial charge in [-0.05, 0) is 0 Å². The molecule has 1 N–H and O–H groups in total. The molecule has 0 atom stereocenters. The number of allylic oxidation sites excluding steroid dienone is 2. The van der Waals surface area contributed by atoms with Gasteiger partial charge in [0.25, 0.3) is 0 Å². The van der Waals surface area contributed by atoms with E-state index in [0.29, 0.717) is 19.0 Å². The molecule has 0 aromatic heterocycles. The van der Waals surface area contributed by atoms with Crippen molar-refractivity contribution in [3.8, 4) is 0 Å². The van der Waals surface area contributed by atoms with Gasteiger partial charge in [0.2, 0.25) is 0 Å². The van der Waals surface area contributed by atoms with Crippen molar-refractivity contribution in [3.63, 3.8) is 0 Å². The van der Waals surface area contributed by atoms with Crippen LogP contribution in [0.15, 0.2) is 11.8 Å². The number of nitrogens with one attached hydrogen (secondary N) is 1. The van der Waals surface area contributed by atoms with Crippen molar-refractivity contribution in [2.24, 2.45) is 0 Å². The van der Waals surface area contributed by atoms with Gasteiger partial charge in [0, 0.05) is 19.5 Å². The number of aldehydes is 2. The van der Waals surface area contributed by atoms with E-state index in [-0.39, 0.29) is 19.0 Å². The Labute approximate surface area is 87.2 Å². The third-order valence-corrected chi connectivity index (χ3v) is 1.34. The monoisotopic (exact) mass is 215 g/mol. The molecule has 0 rings (SSSR count). The second-order valence-electron chi connectivity index (χ2n) is 2.41. The van der Waals surface area contributed by atoms with Gasteiger partial charge < -0.3 is 14.8 Å². The fourth-order valence-corrected chi connectivity index (χ4v) is 0.674. The molecule has 0 aromatic rings. The highest BCUT2D eigenvalue weighted by atomic mass is 16.5. The Morgan fingerprint density at radius 2 is 1.93 bits per heavy atom. The summed E-state index contributed by atoms with van der Waals surface area (Å²) in [5.74, 6) is -0.0371. The molecule has 0 heterocycles. The summed E-state index contributed by atoms with van der Waals surface area (Å²) in [6.45, 7) is 0.391. The van der Waals surface area contributed by atoms with Crippen molar-refractivity contribution in [3.05, 3.63) is 11.8 Å². The van der Waals surface area contributed by atoms with Crippen molar-refractivity contribution in [2.45, 2.75) is 6.42 Å². The van der Waals surface area contributed by atoms with Gasteiger partial charge in [0.1, 0.15) is 6.29 Å².